The van der Waals surface area contributed by atoms with Gasteiger partial charge in [-0.15, -0.1) is 0 Å². The molecule has 2 fully saturated rings. The highest BCUT2D eigenvalue weighted by Crippen LogP contribution is 2.40. The molecule has 1 aromatic carbocycles. The Bertz CT molecular complexity index is 1070. The zero-order valence-electron chi connectivity index (χ0n) is 20.5. The average molecular weight is 483 g/mol. The highest BCUT2D eigenvalue weighted by atomic mass is 16.5. The predicted molar refractivity (Wildman–Crippen MR) is 131 cm³/mol. The number of aliphatic hydroxyl groups excluding tert-OH is 1. The van der Waals surface area contributed by atoms with Gasteiger partial charge in [-0.25, -0.2) is 0 Å². The van der Waals surface area contributed by atoms with Crippen molar-refractivity contribution in [3.63, 3.8) is 0 Å². The Labute approximate surface area is 206 Å². The van der Waals surface area contributed by atoms with E-state index in [1.165, 1.54) is 4.90 Å². The number of unbranched alkanes of at least 4 members (excludes halogenated alkanes) is 1. The second-order valence-electron chi connectivity index (χ2n) is 8.98. The Morgan fingerprint density at radius 3 is 2.63 bits per heavy atom. The molecule has 8 nitrogen and oxygen atoms in total. The second kappa shape index (κ2) is 11.6. The highest BCUT2D eigenvalue weighted by Gasteiger charge is 2.47. The summed E-state index contributed by atoms with van der Waals surface area (Å²) < 4.78 is 17.0. The summed E-state index contributed by atoms with van der Waals surface area (Å²) in [5.41, 5.74) is 0.472. The number of likely N-dealkylation sites (tertiary alicyclic amines) is 1. The lowest BCUT2D eigenvalue weighted by molar-refractivity contribution is -0.140. The SMILES string of the molecule is CCCCOc1cccc(C(O)=C2C(=O)C(=O)N(CCCN3CCOCC3)C2c2ccc(C)o2)c1. The molecule has 0 aliphatic carbocycles. The van der Waals surface area contributed by atoms with Gasteiger partial charge >= 0.3 is 0 Å². The molecule has 1 amide bonds. The summed E-state index contributed by atoms with van der Waals surface area (Å²) in [6, 6.07) is 9.76. The molecule has 3 heterocycles. The van der Waals surface area contributed by atoms with E-state index in [0.717, 1.165) is 32.5 Å². The van der Waals surface area contributed by atoms with E-state index in [0.29, 0.717) is 55.6 Å². The van der Waals surface area contributed by atoms with E-state index < -0.39 is 17.7 Å². The minimum absolute atomic E-state index is 0.0430. The van der Waals surface area contributed by atoms with Crippen molar-refractivity contribution in [2.75, 3.05) is 46.0 Å². The van der Waals surface area contributed by atoms with Crippen molar-refractivity contribution < 1.29 is 28.6 Å². The van der Waals surface area contributed by atoms with Crippen LogP contribution in [-0.4, -0.2) is 72.6 Å². The van der Waals surface area contributed by atoms with Gasteiger partial charge < -0.3 is 23.9 Å². The number of morpholine rings is 1. The topological polar surface area (TPSA) is 92.5 Å². The van der Waals surface area contributed by atoms with Crippen molar-refractivity contribution in [2.24, 2.45) is 0 Å². The van der Waals surface area contributed by atoms with Gasteiger partial charge in [0.05, 0.1) is 25.4 Å². The van der Waals surface area contributed by atoms with Crippen molar-refractivity contribution >= 4 is 17.4 Å². The lowest BCUT2D eigenvalue weighted by Crippen LogP contribution is -2.38. The maximum atomic E-state index is 13.2. The molecule has 1 aromatic heterocycles. The Morgan fingerprint density at radius 2 is 1.91 bits per heavy atom. The molecule has 0 saturated carbocycles. The van der Waals surface area contributed by atoms with Crippen molar-refractivity contribution in [1.82, 2.24) is 9.80 Å². The molecule has 4 rings (SSSR count). The van der Waals surface area contributed by atoms with Gasteiger partial charge in [0.15, 0.2) is 0 Å². The monoisotopic (exact) mass is 482 g/mol. The fourth-order valence-corrected chi connectivity index (χ4v) is 4.52. The van der Waals surface area contributed by atoms with E-state index >= 15 is 0 Å². The van der Waals surface area contributed by atoms with Crippen LogP contribution in [0.2, 0.25) is 0 Å². The normalized spacial score (nSPS) is 20.5. The highest BCUT2D eigenvalue weighted by molar-refractivity contribution is 6.46. The van der Waals surface area contributed by atoms with Crippen LogP contribution in [0.15, 0.2) is 46.4 Å². The van der Waals surface area contributed by atoms with Crippen LogP contribution in [0.5, 0.6) is 5.75 Å². The zero-order chi connectivity index (χ0) is 24.8. The third-order valence-electron chi connectivity index (χ3n) is 6.42. The first-order valence-electron chi connectivity index (χ1n) is 12.4. The fraction of sp³-hybridized carbons (Fsp3) is 0.481. The average Bonchev–Trinajstić information content (AvgIpc) is 3.40. The minimum Gasteiger partial charge on any atom is -0.507 e. The number of furan rings is 1. The summed E-state index contributed by atoms with van der Waals surface area (Å²) in [6.45, 7) is 8.77. The number of carbonyl (C=O) groups excluding carboxylic acids is 2. The smallest absolute Gasteiger partial charge is 0.295 e. The Morgan fingerprint density at radius 1 is 1.11 bits per heavy atom. The summed E-state index contributed by atoms with van der Waals surface area (Å²) in [5, 5.41) is 11.3. The molecule has 1 N–H and O–H groups in total. The maximum absolute atomic E-state index is 13.2. The molecule has 2 saturated heterocycles. The number of hydrogen-bond donors (Lipinski definition) is 1. The number of aryl methyl sites for hydroxylation is 1. The van der Waals surface area contributed by atoms with Crippen molar-refractivity contribution in [3.05, 3.63) is 59.1 Å². The van der Waals surface area contributed by atoms with Gasteiger partial charge in [-0.3, -0.25) is 14.5 Å². The van der Waals surface area contributed by atoms with Crippen LogP contribution in [-0.2, 0) is 14.3 Å². The molecule has 2 aromatic rings. The molecule has 0 bridgehead atoms. The third-order valence-corrected chi connectivity index (χ3v) is 6.42. The minimum atomic E-state index is -0.780. The van der Waals surface area contributed by atoms with E-state index in [4.69, 9.17) is 13.9 Å². The first-order chi connectivity index (χ1) is 17.0. The summed E-state index contributed by atoms with van der Waals surface area (Å²) in [6.07, 6.45) is 2.63. The van der Waals surface area contributed by atoms with Crippen LogP contribution in [0.3, 0.4) is 0 Å². The first-order valence-corrected chi connectivity index (χ1v) is 12.4. The van der Waals surface area contributed by atoms with Crippen molar-refractivity contribution in [3.8, 4) is 5.75 Å². The molecule has 0 spiro atoms. The van der Waals surface area contributed by atoms with E-state index in [1.54, 1.807) is 30.3 Å². The Balaban J connectivity index is 1.61. The first kappa shape index (κ1) is 25.0. The molecule has 8 heteroatoms. The van der Waals surface area contributed by atoms with Gasteiger partial charge in [0.25, 0.3) is 11.7 Å². The van der Waals surface area contributed by atoms with E-state index in [1.807, 2.05) is 13.0 Å². The molecule has 35 heavy (non-hydrogen) atoms. The van der Waals surface area contributed by atoms with E-state index in [2.05, 4.69) is 11.8 Å². The van der Waals surface area contributed by atoms with Gasteiger partial charge in [0, 0.05) is 31.7 Å². The number of aliphatic hydroxyl groups is 1. The van der Waals surface area contributed by atoms with Gasteiger partial charge in [0.1, 0.15) is 29.1 Å². The van der Waals surface area contributed by atoms with E-state index in [9.17, 15) is 14.7 Å². The number of rotatable bonds is 10. The fourth-order valence-electron chi connectivity index (χ4n) is 4.52. The molecule has 188 valence electrons. The quantitative estimate of drug-likeness (QED) is 0.238. The van der Waals surface area contributed by atoms with Crippen molar-refractivity contribution in [1.29, 1.82) is 0 Å². The van der Waals surface area contributed by atoms with Crippen molar-refractivity contribution in [2.45, 2.75) is 39.2 Å². The number of amides is 1. The number of Topliss-reactive ketones (excluding diaryl/α,β-unsaturated/α-hetero) is 1. The maximum Gasteiger partial charge on any atom is 0.295 e. The lowest BCUT2D eigenvalue weighted by Gasteiger charge is -2.28. The van der Waals surface area contributed by atoms with Gasteiger partial charge in [-0.05, 0) is 44.0 Å². The number of hydrogen-bond acceptors (Lipinski definition) is 7. The number of carbonyl (C=O) groups is 2. The third kappa shape index (κ3) is 5.77. The molecular weight excluding hydrogens is 448 g/mol. The van der Waals surface area contributed by atoms with Crippen LogP contribution in [0, 0.1) is 6.92 Å². The predicted octanol–water partition coefficient (Wildman–Crippen LogP) is 3.91. The largest absolute Gasteiger partial charge is 0.507 e. The molecular formula is C27H34N2O6. The van der Waals surface area contributed by atoms with Crippen LogP contribution < -0.4 is 4.74 Å². The molecule has 1 atom stereocenters. The number of ketones is 1. The summed E-state index contributed by atoms with van der Waals surface area (Å²) >= 11 is 0. The zero-order valence-corrected chi connectivity index (χ0v) is 20.5. The lowest BCUT2D eigenvalue weighted by atomic mass is 9.99. The molecule has 2 aliphatic rings. The number of nitrogens with zero attached hydrogens (tertiary/aromatic N) is 2. The molecule has 0 radical (unpaired) electrons. The molecule has 1 unspecified atom stereocenters. The Hall–Kier alpha value is -3.10. The van der Waals surface area contributed by atoms with Gasteiger partial charge in [-0.2, -0.15) is 0 Å². The summed E-state index contributed by atoms with van der Waals surface area (Å²) in [7, 11) is 0. The van der Waals surface area contributed by atoms with Crippen LogP contribution in [0.4, 0.5) is 0 Å². The van der Waals surface area contributed by atoms with Gasteiger partial charge in [0.2, 0.25) is 0 Å². The Kier molecular flexibility index (Phi) is 8.25. The van der Waals surface area contributed by atoms with Gasteiger partial charge in [-0.1, -0.05) is 25.5 Å². The number of ether oxygens (including phenoxy) is 2. The van der Waals surface area contributed by atoms with Crippen LogP contribution in [0.1, 0.15) is 49.3 Å². The standard InChI is InChI=1S/C27H34N2O6/c1-3-4-15-34-21-8-5-7-20(18-21)25(30)23-24(22-10-9-19(2)35-22)29(27(32)26(23)31)12-6-11-28-13-16-33-17-14-28/h5,7-10,18,24,30H,3-4,6,11-17H2,1-2H3. The molecule has 2 aliphatic heterocycles. The second-order valence-corrected chi connectivity index (χ2v) is 8.98. The number of benzene rings is 1. The van der Waals surface area contributed by atoms with Crippen LogP contribution in [0.25, 0.3) is 5.76 Å². The summed E-state index contributed by atoms with van der Waals surface area (Å²) in [5.74, 6) is 0.190. The van der Waals surface area contributed by atoms with Crippen LogP contribution >= 0.6 is 0 Å². The van der Waals surface area contributed by atoms with E-state index in [-0.39, 0.29) is 11.3 Å². The summed E-state index contributed by atoms with van der Waals surface area (Å²) in [4.78, 5) is 30.1.